The fourth-order valence-electron chi connectivity index (χ4n) is 1.36. The molecule has 0 saturated heterocycles. The molecule has 0 atom stereocenters. The van der Waals surface area contributed by atoms with E-state index in [1.807, 2.05) is 0 Å². The van der Waals surface area contributed by atoms with Crippen molar-refractivity contribution in [3.63, 3.8) is 0 Å². The maximum Gasteiger partial charge on any atom is 0.244 e. The van der Waals surface area contributed by atoms with Crippen molar-refractivity contribution in [2.75, 3.05) is 25.1 Å². The molecule has 0 saturated carbocycles. The van der Waals surface area contributed by atoms with Gasteiger partial charge in [0.05, 0.1) is 17.0 Å². The highest BCUT2D eigenvalue weighted by Gasteiger charge is 2.21. The smallest absolute Gasteiger partial charge is 0.244 e. The van der Waals surface area contributed by atoms with Crippen molar-refractivity contribution in [2.24, 2.45) is 0 Å². The molecule has 114 valence electrons. The average molecular weight is 362 g/mol. The minimum Gasteiger partial charge on any atom is -0.398 e. The highest BCUT2D eigenvalue weighted by Crippen LogP contribution is 2.30. The lowest BCUT2D eigenvalue weighted by Gasteiger charge is -2.11. The van der Waals surface area contributed by atoms with Gasteiger partial charge in [-0.2, -0.15) is 0 Å². The Kier molecular flexibility index (Phi) is 5.64. The Bertz CT molecular complexity index is 681. The predicted molar refractivity (Wildman–Crippen MR) is 78.9 cm³/mol. The summed E-state index contributed by atoms with van der Waals surface area (Å²) < 4.78 is 50.0. The third-order valence-electron chi connectivity index (χ3n) is 2.09. The maximum absolute atomic E-state index is 12.0. The first kappa shape index (κ1) is 17.5. The van der Waals surface area contributed by atoms with Crippen LogP contribution in [0.5, 0.6) is 0 Å². The topological polar surface area (TPSA) is 118 Å². The molecule has 0 bridgehead atoms. The standard InChI is InChI=1S/C9H13Cl2N3O4S2/c1-19(15,16)13-2-3-14-20(17,18)9-7(11)4-6(10)5-8(9)12/h4-5,13-14H,2-3,12H2,1H3. The van der Waals surface area contributed by atoms with Crippen molar-refractivity contribution in [1.29, 1.82) is 0 Å². The summed E-state index contributed by atoms with van der Waals surface area (Å²) in [6.45, 7) is -0.239. The molecule has 0 aliphatic rings. The summed E-state index contributed by atoms with van der Waals surface area (Å²) in [6.07, 6.45) is 0.968. The second kappa shape index (κ2) is 6.46. The van der Waals surface area contributed by atoms with Crippen LogP contribution in [0.3, 0.4) is 0 Å². The summed E-state index contributed by atoms with van der Waals surface area (Å²) in [6, 6.07) is 2.51. The SMILES string of the molecule is CS(=O)(=O)NCCNS(=O)(=O)c1c(N)cc(Cl)cc1Cl. The van der Waals surface area contributed by atoms with Gasteiger partial charge in [-0.15, -0.1) is 0 Å². The van der Waals surface area contributed by atoms with E-state index >= 15 is 0 Å². The number of anilines is 1. The normalized spacial score (nSPS) is 12.6. The zero-order chi connectivity index (χ0) is 15.6. The van der Waals surface area contributed by atoms with Crippen LogP contribution in [-0.4, -0.2) is 36.2 Å². The third kappa shape index (κ3) is 5.08. The first-order chi connectivity index (χ1) is 9.03. The van der Waals surface area contributed by atoms with Gasteiger partial charge >= 0.3 is 0 Å². The Hall–Kier alpha value is -0.580. The van der Waals surface area contributed by atoms with Crippen LogP contribution in [0, 0.1) is 0 Å². The van der Waals surface area contributed by atoms with Crippen LogP contribution in [0.4, 0.5) is 5.69 Å². The fraction of sp³-hybridized carbons (Fsp3) is 0.333. The Balaban J connectivity index is 2.85. The van der Waals surface area contributed by atoms with Crippen molar-refractivity contribution in [1.82, 2.24) is 9.44 Å². The van der Waals surface area contributed by atoms with Gasteiger partial charge in [0.1, 0.15) is 4.90 Å². The Morgan fingerprint density at radius 3 is 2.15 bits per heavy atom. The minimum absolute atomic E-state index is 0.0916. The summed E-state index contributed by atoms with van der Waals surface area (Å²) in [4.78, 5) is -0.289. The van der Waals surface area contributed by atoms with E-state index in [4.69, 9.17) is 28.9 Å². The molecule has 1 aromatic carbocycles. The summed E-state index contributed by atoms with van der Waals surface area (Å²) >= 11 is 11.5. The monoisotopic (exact) mass is 361 g/mol. The molecule has 0 spiro atoms. The number of rotatable bonds is 6. The number of halogens is 2. The summed E-state index contributed by atoms with van der Waals surface area (Å²) in [5.74, 6) is 0. The molecule has 1 rings (SSSR count). The predicted octanol–water partition coefficient (Wildman–Crippen LogP) is 0.403. The maximum atomic E-state index is 12.0. The van der Waals surface area contributed by atoms with Crippen LogP contribution in [0.2, 0.25) is 10.0 Å². The van der Waals surface area contributed by atoms with Gasteiger partial charge in [-0.25, -0.2) is 26.3 Å². The number of hydrogen-bond acceptors (Lipinski definition) is 5. The van der Waals surface area contributed by atoms with Gasteiger partial charge < -0.3 is 5.73 Å². The Labute approximate surface area is 127 Å². The molecule has 0 aromatic heterocycles. The van der Waals surface area contributed by atoms with E-state index in [0.717, 1.165) is 6.26 Å². The molecule has 4 N–H and O–H groups in total. The van der Waals surface area contributed by atoms with E-state index in [-0.39, 0.29) is 33.7 Å². The molecule has 1 aromatic rings. The third-order valence-corrected chi connectivity index (χ3v) is 5.02. The molecule has 0 heterocycles. The number of sulfonamides is 2. The summed E-state index contributed by atoms with van der Waals surface area (Å²) in [7, 11) is -7.34. The zero-order valence-corrected chi connectivity index (χ0v) is 13.5. The molecule has 0 aliphatic heterocycles. The molecule has 0 amide bonds. The molecule has 20 heavy (non-hydrogen) atoms. The number of benzene rings is 1. The van der Waals surface area contributed by atoms with Crippen molar-refractivity contribution >= 4 is 48.9 Å². The van der Waals surface area contributed by atoms with E-state index < -0.39 is 20.0 Å². The van der Waals surface area contributed by atoms with Gasteiger partial charge in [0.15, 0.2) is 0 Å². The first-order valence-corrected chi connectivity index (χ1v) is 9.35. The zero-order valence-electron chi connectivity index (χ0n) is 10.4. The van der Waals surface area contributed by atoms with Gasteiger partial charge in [-0.3, -0.25) is 0 Å². The van der Waals surface area contributed by atoms with Crippen LogP contribution in [0.1, 0.15) is 0 Å². The van der Waals surface area contributed by atoms with Gasteiger partial charge in [0, 0.05) is 18.1 Å². The van der Waals surface area contributed by atoms with E-state index in [0.29, 0.717) is 0 Å². The number of hydrogen-bond donors (Lipinski definition) is 3. The molecular weight excluding hydrogens is 349 g/mol. The highest BCUT2D eigenvalue weighted by molar-refractivity contribution is 7.90. The molecule has 0 unspecified atom stereocenters. The fourth-order valence-corrected chi connectivity index (χ4v) is 3.84. The van der Waals surface area contributed by atoms with E-state index in [2.05, 4.69) is 9.44 Å². The molecule has 7 nitrogen and oxygen atoms in total. The molecule has 0 aliphatic carbocycles. The molecule has 11 heteroatoms. The highest BCUT2D eigenvalue weighted by atomic mass is 35.5. The van der Waals surface area contributed by atoms with E-state index in [9.17, 15) is 16.8 Å². The summed E-state index contributed by atoms with van der Waals surface area (Å²) in [5, 5.41) is 0.101. The molecular formula is C9H13Cl2N3O4S2. The largest absolute Gasteiger partial charge is 0.398 e. The second-order valence-corrected chi connectivity index (χ2v) is 8.25. The van der Waals surface area contributed by atoms with E-state index in [1.165, 1.54) is 12.1 Å². The van der Waals surface area contributed by atoms with Crippen LogP contribution >= 0.6 is 23.2 Å². The lowest BCUT2D eigenvalue weighted by atomic mass is 10.3. The van der Waals surface area contributed by atoms with Crippen LogP contribution in [0.25, 0.3) is 0 Å². The lowest BCUT2D eigenvalue weighted by Crippen LogP contribution is -2.34. The average Bonchev–Trinajstić information content (AvgIpc) is 2.21. The molecule has 0 fully saturated rings. The molecule has 0 radical (unpaired) electrons. The van der Waals surface area contributed by atoms with Crippen molar-refractivity contribution < 1.29 is 16.8 Å². The second-order valence-electron chi connectivity index (χ2n) is 3.87. The number of nitrogen functional groups attached to an aromatic ring is 1. The van der Waals surface area contributed by atoms with Crippen molar-refractivity contribution in [2.45, 2.75) is 4.90 Å². The number of nitrogens with two attached hydrogens (primary N) is 1. The van der Waals surface area contributed by atoms with Gasteiger partial charge in [-0.05, 0) is 12.1 Å². The van der Waals surface area contributed by atoms with Gasteiger partial charge in [0.25, 0.3) is 0 Å². The van der Waals surface area contributed by atoms with Crippen LogP contribution in [-0.2, 0) is 20.0 Å². The Morgan fingerprint density at radius 2 is 1.65 bits per heavy atom. The van der Waals surface area contributed by atoms with Crippen molar-refractivity contribution in [3.05, 3.63) is 22.2 Å². The lowest BCUT2D eigenvalue weighted by molar-refractivity contribution is 0.573. The van der Waals surface area contributed by atoms with Gasteiger partial charge in [-0.1, -0.05) is 23.2 Å². The quantitative estimate of drug-likeness (QED) is 0.500. The number of nitrogens with one attached hydrogen (secondary N) is 2. The van der Waals surface area contributed by atoms with Crippen LogP contribution in [0.15, 0.2) is 17.0 Å². The van der Waals surface area contributed by atoms with Crippen LogP contribution < -0.4 is 15.2 Å². The minimum atomic E-state index is -3.96. The van der Waals surface area contributed by atoms with Gasteiger partial charge in [0.2, 0.25) is 20.0 Å². The van der Waals surface area contributed by atoms with Crippen molar-refractivity contribution in [3.8, 4) is 0 Å². The Morgan fingerprint density at radius 1 is 1.10 bits per heavy atom. The first-order valence-electron chi connectivity index (χ1n) is 5.22. The van der Waals surface area contributed by atoms with E-state index in [1.54, 1.807) is 0 Å². The summed E-state index contributed by atoms with van der Waals surface area (Å²) in [5.41, 5.74) is 5.49.